The maximum atomic E-state index is 13.1. The van der Waals surface area contributed by atoms with Gasteiger partial charge in [-0.25, -0.2) is 4.68 Å². The summed E-state index contributed by atoms with van der Waals surface area (Å²) in [4.78, 5) is 12.7. The molecule has 0 bridgehead atoms. The SMILES string of the molecule is O=C(CSc1nnc2c(Cl)cc(C(F)(F)F)cn12)Nc1cc(C2CC2)nn1-c1ccccc1. The molecule has 7 nitrogen and oxygen atoms in total. The van der Waals surface area contributed by atoms with Crippen LogP contribution < -0.4 is 5.32 Å². The zero-order chi connectivity index (χ0) is 23.2. The molecule has 3 aromatic heterocycles. The third kappa shape index (κ3) is 4.55. The third-order valence-electron chi connectivity index (χ3n) is 5.08. The first-order chi connectivity index (χ1) is 15.8. The molecule has 1 amide bonds. The molecular formula is C21H16ClF3N6OS. The molecule has 1 N–H and O–H groups in total. The summed E-state index contributed by atoms with van der Waals surface area (Å²) in [7, 11) is 0. The summed E-state index contributed by atoms with van der Waals surface area (Å²) in [5, 5.41) is 15.2. The Balaban J connectivity index is 1.35. The van der Waals surface area contributed by atoms with Crippen molar-refractivity contribution in [2.45, 2.75) is 30.1 Å². The van der Waals surface area contributed by atoms with Crippen LogP contribution in [0.2, 0.25) is 5.02 Å². The quantitative estimate of drug-likeness (QED) is 0.375. The first-order valence-electron chi connectivity index (χ1n) is 9.99. The Morgan fingerprint density at radius 2 is 1.94 bits per heavy atom. The van der Waals surface area contributed by atoms with Gasteiger partial charge in [0.15, 0.2) is 10.8 Å². The minimum Gasteiger partial charge on any atom is -0.310 e. The highest BCUT2D eigenvalue weighted by Crippen LogP contribution is 2.40. The van der Waals surface area contributed by atoms with Crippen molar-refractivity contribution >= 4 is 40.7 Å². The number of nitrogens with one attached hydrogen (secondary N) is 1. The maximum Gasteiger partial charge on any atom is 0.417 e. The number of fused-ring (bicyclic) bond motifs is 1. The molecule has 0 unspecified atom stereocenters. The standard InChI is InChI=1S/C21H16ClF3N6OS/c22-15-8-13(21(23,24)25)10-30-19(15)27-28-20(30)33-11-18(32)26-17-9-16(12-6-7-12)29-31(17)14-4-2-1-3-5-14/h1-5,8-10,12H,6-7,11H2,(H,26,32). The smallest absolute Gasteiger partial charge is 0.310 e. The van der Waals surface area contributed by atoms with Crippen molar-refractivity contribution in [3.63, 3.8) is 0 Å². The summed E-state index contributed by atoms with van der Waals surface area (Å²) >= 11 is 6.90. The number of amides is 1. The molecule has 4 aromatic rings. The Hall–Kier alpha value is -3.05. The summed E-state index contributed by atoms with van der Waals surface area (Å²) in [5.74, 6) is 0.485. The summed E-state index contributed by atoms with van der Waals surface area (Å²) in [6.45, 7) is 0. The number of benzene rings is 1. The van der Waals surface area contributed by atoms with E-state index in [1.807, 2.05) is 36.4 Å². The van der Waals surface area contributed by atoms with Gasteiger partial charge in [0.05, 0.1) is 27.7 Å². The van der Waals surface area contributed by atoms with E-state index in [2.05, 4.69) is 20.6 Å². The topological polar surface area (TPSA) is 77.1 Å². The molecule has 3 heterocycles. The highest BCUT2D eigenvalue weighted by Gasteiger charge is 2.32. The van der Waals surface area contributed by atoms with Gasteiger partial charge in [0.2, 0.25) is 5.91 Å². The van der Waals surface area contributed by atoms with Crippen molar-refractivity contribution in [3.05, 3.63) is 64.9 Å². The number of rotatable bonds is 6. The van der Waals surface area contributed by atoms with Crippen LogP contribution in [0.1, 0.15) is 30.0 Å². The molecule has 1 fully saturated rings. The van der Waals surface area contributed by atoms with Gasteiger partial charge in [0, 0.05) is 18.2 Å². The van der Waals surface area contributed by atoms with Crippen LogP contribution in [0, 0.1) is 0 Å². The van der Waals surface area contributed by atoms with E-state index in [1.165, 1.54) is 0 Å². The second-order valence-electron chi connectivity index (χ2n) is 7.56. The molecule has 0 atom stereocenters. The summed E-state index contributed by atoms with van der Waals surface area (Å²) in [6, 6.07) is 12.1. The molecule has 1 aliphatic rings. The molecule has 33 heavy (non-hydrogen) atoms. The van der Waals surface area contributed by atoms with Crippen LogP contribution in [0.25, 0.3) is 11.3 Å². The first-order valence-corrected chi connectivity index (χ1v) is 11.4. The van der Waals surface area contributed by atoms with Gasteiger partial charge in [-0.1, -0.05) is 41.6 Å². The second kappa shape index (κ2) is 8.38. The summed E-state index contributed by atoms with van der Waals surface area (Å²) in [5.41, 5.74) is 0.888. The Labute approximate surface area is 194 Å². The molecular weight excluding hydrogens is 477 g/mol. The number of para-hydroxylation sites is 1. The molecule has 0 spiro atoms. The van der Waals surface area contributed by atoms with Crippen molar-refractivity contribution in [1.29, 1.82) is 0 Å². The number of nitrogens with zero attached hydrogens (tertiary/aromatic N) is 5. The summed E-state index contributed by atoms with van der Waals surface area (Å²) < 4.78 is 42.2. The molecule has 0 aliphatic heterocycles. The lowest BCUT2D eigenvalue weighted by Gasteiger charge is -2.09. The van der Waals surface area contributed by atoms with E-state index in [9.17, 15) is 18.0 Å². The van der Waals surface area contributed by atoms with Gasteiger partial charge >= 0.3 is 6.18 Å². The molecule has 0 radical (unpaired) electrons. The van der Waals surface area contributed by atoms with Crippen molar-refractivity contribution in [1.82, 2.24) is 24.4 Å². The first kappa shape index (κ1) is 21.8. The number of carbonyl (C=O) groups is 1. The van der Waals surface area contributed by atoms with Crippen molar-refractivity contribution in [3.8, 4) is 5.69 Å². The number of carbonyl (C=O) groups excluding carboxylic acids is 1. The normalized spacial score (nSPS) is 14.1. The molecule has 170 valence electrons. The van der Waals surface area contributed by atoms with Gasteiger partial charge in [0.1, 0.15) is 5.82 Å². The highest BCUT2D eigenvalue weighted by atomic mass is 35.5. The number of hydrogen-bond donors (Lipinski definition) is 1. The van der Waals surface area contributed by atoms with Crippen LogP contribution in [-0.4, -0.2) is 36.0 Å². The van der Waals surface area contributed by atoms with Gasteiger partial charge in [-0.15, -0.1) is 10.2 Å². The van der Waals surface area contributed by atoms with Crippen LogP contribution in [0.3, 0.4) is 0 Å². The predicted octanol–water partition coefficient (Wildman–Crippen LogP) is 5.20. The molecule has 0 saturated heterocycles. The number of hydrogen-bond acceptors (Lipinski definition) is 5. The number of alkyl halides is 3. The van der Waals surface area contributed by atoms with Gasteiger partial charge in [-0.2, -0.15) is 18.3 Å². The Kier molecular flexibility index (Phi) is 5.53. The molecule has 12 heteroatoms. The van der Waals surface area contributed by atoms with Crippen LogP contribution in [0.4, 0.5) is 19.0 Å². The zero-order valence-corrected chi connectivity index (χ0v) is 18.5. The van der Waals surface area contributed by atoms with Crippen LogP contribution in [0.15, 0.2) is 53.8 Å². The maximum absolute atomic E-state index is 13.1. The van der Waals surface area contributed by atoms with E-state index in [0.29, 0.717) is 11.7 Å². The number of aromatic nitrogens is 5. The van der Waals surface area contributed by atoms with Gasteiger partial charge < -0.3 is 5.32 Å². The lowest BCUT2D eigenvalue weighted by atomic mass is 10.3. The van der Waals surface area contributed by atoms with Crippen molar-refractivity contribution < 1.29 is 18.0 Å². The third-order valence-corrected chi connectivity index (χ3v) is 6.30. The predicted molar refractivity (Wildman–Crippen MR) is 118 cm³/mol. The van der Waals surface area contributed by atoms with Crippen molar-refractivity contribution in [2.24, 2.45) is 0 Å². The Morgan fingerprint density at radius 1 is 1.18 bits per heavy atom. The zero-order valence-electron chi connectivity index (χ0n) is 16.9. The van der Waals surface area contributed by atoms with Crippen LogP contribution in [0.5, 0.6) is 0 Å². The number of thioether (sulfide) groups is 1. The number of halogens is 4. The highest BCUT2D eigenvalue weighted by molar-refractivity contribution is 7.99. The van der Waals surface area contributed by atoms with Crippen molar-refractivity contribution in [2.75, 3.05) is 11.1 Å². The number of anilines is 1. The fourth-order valence-corrected chi connectivity index (χ4v) is 4.28. The average molecular weight is 493 g/mol. The monoisotopic (exact) mass is 492 g/mol. The lowest BCUT2D eigenvalue weighted by Crippen LogP contribution is -2.17. The molecule has 1 aliphatic carbocycles. The van der Waals surface area contributed by atoms with Crippen LogP contribution >= 0.6 is 23.4 Å². The number of pyridine rings is 1. The molecule has 1 saturated carbocycles. The second-order valence-corrected chi connectivity index (χ2v) is 8.91. The van der Waals surface area contributed by atoms with Gasteiger partial charge in [-0.05, 0) is 31.0 Å². The molecule has 5 rings (SSSR count). The fraction of sp³-hybridized carbons (Fsp3) is 0.238. The minimum atomic E-state index is -4.57. The van der Waals surface area contributed by atoms with E-state index < -0.39 is 11.7 Å². The fourth-order valence-electron chi connectivity index (χ4n) is 3.33. The van der Waals surface area contributed by atoms with Gasteiger partial charge in [-0.3, -0.25) is 9.20 Å². The van der Waals surface area contributed by atoms with E-state index in [0.717, 1.165) is 52.6 Å². The average Bonchev–Trinajstić information content (AvgIpc) is 3.42. The largest absolute Gasteiger partial charge is 0.417 e. The lowest BCUT2D eigenvalue weighted by molar-refractivity contribution is -0.137. The van der Waals surface area contributed by atoms with Gasteiger partial charge in [0.25, 0.3) is 0 Å². The van der Waals surface area contributed by atoms with E-state index >= 15 is 0 Å². The Bertz CT molecular complexity index is 1330. The molecule has 1 aromatic carbocycles. The van der Waals surface area contributed by atoms with E-state index in [4.69, 9.17) is 11.6 Å². The van der Waals surface area contributed by atoms with E-state index in [-0.39, 0.29) is 27.5 Å². The Morgan fingerprint density at radius 3 is 2.64 bits per heavy atom. The minimum absolute atomic E-state index is 0.0869. The van der Waals surface area contributed by atoms with Crippen LogP contribution in [-0.2, 0) is 11.0 Å². The summed E-state index contributed by atoms with van der Waals surface area (Å²) in [6.07, 6.45) is -1.57. The van der Waals surface area contributed by atoms with E-state index in [1.54, 1.807) is 4.68 Å².